The van der Waals surface area contributed by atoms with E-state index in [4.69, 9.17) is 15.6 Å². The number of aliphatic hydroxyl groups excluding tert-OH is 1. The Bertz CT molecular complexity index is 412. The molecule has 1 aromatic rings. The Hall–Kier alpha value is -1.06. The molecule has 0 aliphatic heterocycles. The molecular formula is C19H33NO2. The molecule has 126 valence electrons. The summed E-state index contributed by atoms with van der Waals surface area (Å²) in [5.74, 6) is 1.91. The molecule has 0 atom stereocenters. The maximum atomic E-state index is 7.00. The van der Waals surface area contributed by atoms with Gasteiger partial charge in [0, 0.05) is 12.5 Å². The Morgan fingerprint density at radius 3 is 2.45 bits per heavy atom. The van der Waals surface area contributed by atoms with Crippen LogP contribution in [0.25, 0.3) is 0 Å². The summed E-state index contributed by atoms with van der Waals surface area (Å²) in [4.78, 5) is 0. The van der Waals surface area contributed by atoms with Gasteiger partial charge < -0.3 is 15.6 Å². The lowest BCUT2D eigenvalue weighted by Gasteiger charge is -2.31. The first-order valence-electron chi connectivity index (χ1n) is 8.60. The van der Waals surface area contributed by atoms with Crippen LogP contribution >= 0.6 is 0 Å². The summed E-state index contributed by atoms with van der Waals surface area (Å²) in [6.07, 6.45) is 7.31. The van der Waals surface area contributed by atoms with Gasteiger partial charge in [-0.15, -0.1) is 0 Å². The highest BCUT2D eigenvalue weighted by atomic mass is 16.5. The predicted molar refractivity (Wildman–Crippen MR) is 93.2 cm³/mol. The van der Waals surface area contributed by atoms with Crippen LogP contribution in [0.5, 0.6) is 5.75 Å². The average molecular weight is 307 g/mol. The number of ether oxygens (including phenoxy) is 1. The van der Waals surface area contributed by atoms with Crippen LogP contribution in [0.15, 0.2) is 24.3 Å². The first-order valence-corrected chi connectivity index (χ1v) is 8.60. The van der Waals surface area contributed by atoms with E-state index in [1.165, 1.54) is 31.2 Å². The van der Waals surface area contributed by atoms with Crippen LogP contribution in [-0.4, -0.2) is 25.4 Å². The van der Waals surface area contributed by atoms with E-state index in [9.17, 15) is 0 Å². The van der Waals surface area contributed by atoms with Gasteiger partial charge in [0.15, 0.2) is 0 Å². The smallest absolute Gasteiger partial charge is 0.119 e. The van der Waals surface area contributed by atoms with Crippen LogP contribution < -0.4 is 10.5 Å². The third-order valence-corrected chi connectivity index (χ3v) is 4.95. The molecule has 1 saturated carbocycles. The van der Waals surface area contributed by atoms with Gasteiger partial charge in [-0.1, -0.05) is 26.0 Å². The molecule has 1 aromatic carbocycles. The van der Waals surface area contributed by atoms with E-state index in [1.807, 2.05) is 0 Å². The molecule has 1 aliphatic rings. The summed E-state index contributed by atoms with van der Waals surface area (Å²) in [6, 6.07) is 8.52. The quantitative estimate of drug-likeness (QED) is 0.730. The molecule has 0 unspecified atom stereocenters. The Morgan fingerprint density at radius 1 is 1.23 bits per heavy atom. The van der Waals surface area contributed by atoms with Gasteiger partial charge in [-0.3, -0.25) is 0 Å². The Labute approximate surface area is 135 Å². The van der Waals surface area contributed by atoms with Crippen LogP contribution in [0, 0.1) is 11.3 Å². The molecule has 1 aliphatic carbocycles. The average Bonchev–Trinajstić information content (AvgIpc) is 3.42. The van der Waals surface area contributed by atoms with Gasteiger partial charge in [0.05, 0.1) is 6.61 Å². The molecular weight excluding hydrogens is 274 g/mol. The van der Waals surface area contributed by atoms with Gasteiger partial charge in [-0.25, -0.2) is 0 Å². The van der Waals surface area contributed by atoms with E-state index < -0.39 is 0 Å². The normalized spacial score (nSPS) is 14.2. The molecule has 1 fully saturated rings. The zero-order valence-electron chi connectivity index (χ0n) is 14.5. The standard InChI is InChI=1S/C18H29NO.CH4O/c1-3-18(4-2,16-10-11-16)14-20-17-9-5-7-15(13-17)8-6-12-19;1-2/h5,7,9,13,16H,3-4,6,8,10-12,14,19H2,1-2H3;2H,1H3. The van der Waals surface area contributed by atoms with Crippen molar-refractivity contribution in [2.24, 2.45) is 17.1 Å². The fraction of sp³-hybridized carbons (Fsp3) is 0.684. The van der Waals surface area contributed by atoms with Crippen molar-refractivity contribution in [3.8, 4) is 5.75 Å². The maximum Gasteiger partial charge on any atom is 0.119 e. The highest BCUT2D eigenvalue weighted by Gasteiger charge is 2.43. The molecule has 3 heteroatoms. The van der Waals surface area contributed by atoms with Crippen LogP contribution in [0.3, 0.4) is 0 Å². The highest BCUT2D eigenvalue weighted by Crippen LogP contribution is 2.50. The van der Waals surface area contributed by atoms with E-state index in [-0.39, 0.29) is 0 Å². The van der Waals surface area contributed by atoms with E-state index in [0.717, 1.165) is 44.8 Å². The Morgan fingerprint density at radius 2 is 1.91 bits per heavy atom. The van der Waals surface area contributed by atoms with Crippen molar-refractivity contribution in [1.82, 2.24) is 0 Å². The summed E-state index contributed by atoms with van der Waals surface area (Å²) < 4.78 is 6.14. The molecule has 3 nitrogen and oxygen atoms in total. The molecule has 0 spiro atoms. The van der Waals surface area contributed by atoms with Gasteiger partial charge in [0.1, 0.15) is 5.75 Å². The topological polar surface area (TPSA) is 55.5 Å². The third kappa shape index (κ3) is 5.29. The minimum absolute atomic E-state index is 0.396. The van der Waals surface area contributed by atoms with E-state index in [1.54, 1.807) is 0 Å². The number of aliphatic hydroxyl groups is 1. The number of aryl methyl sites for hydroxylation is 1. The highest BCUT2D eigenvalue weighted by molar-refractivity contribution is 5.28. The monoisotopic (exact) mass is 307 g/mol. The van der Waals surface area contributed by atoms with E-state index >= 15 is 0 Å². The van der Waals surface area contributed by atoms with Crippen molar-refractivity contribution in [2.75, 3.05) is 20.3 Å². The second-order valence-electron chi connectivity index (χ2n) is 6.17. The van der Waals surface area contributed by atoms with Crippen LogP contribution in [0.2, 0.25) is 0 Å². The zero-order valence-corrected chi connectivity index (χ0v) is 14.5. The van der Waals surface area contributed by atoms with Gasteiger partial charge >= 0.3 is 0 Å². The van der Waals surface area contributed by atoms with Gasteiger partial charge in [0.25, 0.3) is 0 Å². The minimum Gasteiger partial charge on any atom is -0.493 e. The molecule has 22 heavy (non-hydrogen) atoms. The molecule has 0 radical (unpaired) electrons. The Kier molecular flexibility index (Phi) is 8.51. The van der Waals surface area contributed by atoms with Crippen LogP contribution in [-0.2, 0) is 6.42 Å². The number of hydrogen-bond acceptors (Lipinski definition) is 3. The van der Waals surface area contributed by atoms with Crippen LogP contribution in [0.1, 0.15) is 51.5 Å². The summed E-state index contributed by atoms with van der Waals surface area (Å²) >= 11 is 0. The van der Waals surface area contributed by atoms with Gasteiger partial charge in [-0.2, -0.15) is 0 Å². The maximum absolute atomic E-state index is 7.00. The number of rotatable bonds is 9. The SMILES string of the molecule is CCC(CC)(COc1cccc(CCCN)c1)C1CC1.CO. The van der Waals surface area contributed by atoms with E-state index in [2.05, 4.69) is 38.1 Å². The lowest BCUT2D eigenvalue weighted by Crippen LogP contribution is -2.29. The van der Waals surface area contributed by atoms with Gasteiger partial charge in [-0.05, 0) is 68.7 Å². The summed E-state index contributed by atoms with van der Waals surface area (Å²) in [5.41, 5.74) is 7.30. The minimum atomic E-state index is 0.396. The second-order valence-corrected chi connectivity index (χ2v) is 6.17. The van der Waals surface area contributed by atoms with Crippen molar-refractivity contribution >= 4 is 0 Å². The molecule has 0 heterocycles. The third-order valence-electron chi connectivity index (χ3n) is 4.95. The van der Waals surface area contributed by atoms with E-state index in [0.29, 0.717) is 5.41 Å². The van der Waals surface area contributed by atoms with Crippen molar-refractivity contribution in [3.05, 3.63) is 29.8 Å². The molecule has 0 bridgehead atoms. The van der Waals surface area contributed by atoms with Crippen LogP contribution in [0.4, 0.5) is 0 Å². The molecule has 2 rings (SSSR count). The largest absolute Gasteiger partial charge is 0.493 e. The summed E-state index contributed by atoms with van der Waals surface area (Å²) in [7, 11) is 1.00. The lowest BCUT2D eigenvalue weighted by molar-refractivity contribution is 0.108. The molecule has 3 N–H and O–H groups in total. The summed E-state index contributed by atoms with van der Waals surface area (Å²) in [5, 5.41) is 7.00. The lowest BCUT2D eigenvalue weighted by atomic mass is 9.78. The van der Waals surface area contributed by atoms with Crippen molar-refractivity contribution < 1.29 is 9.84 Å². The Balaban J connectivity index is 0.00000116. The summed E-state index contributed by atoms with van der Waals surface area (Å²) in [6.45, 7) is 6.23. The predicted octanol–water partition coefficient (Wildman–Crippen LogP) is 3.78. The van der Waals surface area contributed by atoms with Crippen molar-refractivity contribution in [1.29, 1.82) is 0 Å². The first kappa shape index (κ1) is 19.0. The second kappa shape index (κ2) is 9.86. The fourth-order valence-electron chi connectivity index (χ4n) is 3.17. The number of hydrogen-bond donors (Lipinski definition) is 2. The van der Waals surface area contributed by atoms with Crippen molar-refractivity contribution in [2.45, 2.75) is 52.4 Å². The van der Waals surface area contributed by atoms with Gasteiger partial charge in [0.2, 0.25) is 0 Å². The van der Waals surface area contributed by atoms with Crippen molar-refractivity contribution in [3.63, 3.8) is 0 Å². The zero-order chi connectivity index (χ0) is 16.4. The molecule has 0 aromatic heterocycles. The number of nitrogens with two attached hydrogens (primary N) is 1. The first-order chi connectivity index (χ1) is 10.7. The fourth-order valence-corrected chi connectivity index (χ4v) is 3.17. The number of benzene rings is 1. The molecule has 0 saturated heterocycles. The molecule has 0 amide bonds.